The summed E-state index contributed by atoms with van der Waals surface area (Å²) >= 11 is 0. The molecule has 0 radical (unpaired) electrons. The molecule has 1 atom stereocenters. The second-order valence-electron chi connectivity index (χ2n) is 10.2. The summed E-state index contributed by atoms with van der Waals surface area (Å²) in [5, 5.41) is 11.6. The lowest BCUT2D eigenvalue weighted by molar-refractivity contribution is -0.143. The number of nitrogens with zero attached hydrogens (tertiary/aromatic N) is 3. The molecule has 2 amide bonds. The Morgan fingerprint density at radius 2 is 1.66 bits per heavy atom. The number of carbonyl (C=O) groups is 3. The minimum atomic E-state index is -1.70. The van der Waals surface area contributed by atoms with E-state index >= 15 is 0 Å². The maximum absolute atomic E-state index is 14.5. The number of fused-ring (bicyclic) bond motifs is 2. The van der Waals surface area contributed by atoms with Crippen molar-refractivity contribution in [3.8, 4) is 0 Å². The highest BCUT2D eigenvalue weighted by Gasteiger charge is 2.66. The van der Waals surface area contributed by atoms with Crippen LogP contribution in [0.3, 0.4) is 0 Å². The second-order valence-corrected chi connectivity index (χ2v) is 10.2. The third-order valence-electron chi connectivity index (χ3n) is 7.83. The predicted octanol–water partition coefficient (Wildman–Crippen LogP) is 3.44. The van der Waals surface area contributed by atoms with Crippen LogP contribution in [0.1, 0.15) is 42.9 Å². The largest absolute Gasteiger partial charge is 0.507 e. The molecule has 2 saturated heterocycles. The Kier molecular flexibility index (Phi) is 7.36. The molecule has 2 aromatic carbocycles. The lowest BCUT2D eigenvalue weighted by Crippen LogP contribution is -2.52. The first kappa shape index (κ1) is 26.1. The Labute approximate surface area is 223 Å². The first-order valence-corrected chi connectivity index (χ1v) is 13.5. The molecule has 1 spiro atoms. The molecule has 3 aliphatic heterocycles. The van der Waals surface area contributed by atoms with Crippen molar-refractivity contribution in [2.45, 2.75) is 38.6 Å². The highest BCUT2D eigenvalue weighted by molar-refractivity contribution is 6.50. The summed E-state index contributed by atoms with van der Waals surface area (Å²) in [7, 11) is 0. The second kappa shape index (κ2) is 10.7. The van der Waals surface area contributed by atoms with E-state index in [1.54, 1.807) is 17.0 Å². The minimum Gasteiger partial charge on any atom is -0.507 e. The number of benzene rings is 2. The lowest BCUT2D eigenvalue weighted by Gasteiger charge is -2.35. The van der Waals surface area contributed by atoms with E-state index in [1.165, 1.54) is 4.90 Å². The van der Waals surface area contributed by atoms with Gasteiger partial charge >= 0.3 is 0 Å². The number of aliphatic hydroxyl groups is 1. The summed E-state index contributed by atoms with van der Waals surface area (Å²) in [6.45, 7) is 8.34. The number of ketones is 1. The molecule has 8 nitrogen and oxygen atoms in total. The third-order valence-corrected chi connectivity index (χ3v) is 7.83. The number of carbonyl (C=O) groups excluding carboxylic acids is 3. The van der Waals surface area contributed by atoms with Crippen LogP contribution >= 0.6 is 0 Å². The van der Waals surface area contributed by atoms with E-state index in [4.69, 9.17) is 4.74 Å². The van der Waals surface area contributed by atoms with Crippen molar-refractivity contribution in [1.82, 2.24) is 9.80 Å². The highest BCUT2D eigenvalue weighted by atomic mass is 16.5. The maximum atomic E-state index is 14.5. The van der Waals surface area contributed by atoms with Crippen LogP contribution in [0.25, 0.3) is 5.76 Å². The molecule has 200 valence electrons. The molecule has 3 heterocycles. The summed E-state index contributed by atoms with van der Waals surface area (Å²) in [6, 6.07) is 14.4. The van der Waals surface area contributed by atoms with E-state index in [0.29, 0.717) is 43.0 Å². The number of unbranched alkanes of at least 4 members (excludes halogenated alkanes) is 1. The molecule has 38 heavy (non-hydrogen) atoms. The molecule has 0 aliphatic carbocycles. The van der Waals surface area contributed by atoms with E-state index in [0.717, 1.165) is 38.0 Å². The van der Waals surface area contributed by atoms with Crippen LogP contribution in [0.2, 0.25) is 0 Å². The van der Waals surface area contributed by atoms with Crippen molar-refractivity contribution >= 4 is 29.0 Å². The molecule has 0 aromatic heterocycles. The van der Waals surface area contributed by atoms with Crippen molar-refractivity contribution < 1.29 is 24.2 Å². The Bertz CT molecular complexity index is 1260. The van der Waals surface area contributed by atoms with Crippen molar-refractivity contribution in [3.05, 3.63) is 70.8 Å². The van der Waals surface area contributed by atoms with Gasteiger partial charge in [-0.1, -0.05) is 61.4 Å². The van der Waals surface area contributed by atoms with E-state index in [-0.39, 0.29) is 23.8 Å². The number of Topliss-reactive ketones (excluding diaryl/α,β-unsaturated/α-hetero) is 1. The van der Waals surface area contributed by atoms with Crippen LogP contribution < -0.4 is 4.90 Å². The molecule has 0 unspecified atom stereocenters. The van der Waals surface area contributed by atoms with Crippen molar-refractivity contribution in [2.75, 3.05) is 50.8 Å². The average Bonchev–Trinajstić information content (AvgIpc) is 3.31. The summed E-state index contributed by atoms with van der Waals surface area (Å²) in [5.74, 6) is -2.25. The first-order valence-electron chi connectivity index (χ1n) is 13.5. The zero-order valence-corrected chi connectivity index (χ0v) is 22.1. The van der Waals surface area contributed by atoms with Crippen molar-refractivity contribution in [2.24, 2.45) is 0 Å². The Balaban J connectivity index is 1.64. The number of rotatable bonds is 8. The maximum Gasteiger partial charge on any atom is 0.296 e. The average molecular weight is 518 g/mol. The van der Waals surface area contributed by atoms with Crippen LogP contribution in [0.5, 0.6) is 0 Å². The fourth-order valence-electron chi connectivity index (χ4n) is 5.84. The van der Waals surface area contributed by atoms with Gasteiger partial charge in [0.15, 0.2) is 5.54 Å². The number of aryl methyl sites for hydroxylation is 1. The molecule has 2 fully saturated rings. The van der Waals surface area contributed by atoms with Crippen LogP contribution in [0, 0.1) is 6.92 Å². The van der Waals surface area contributed by atoms with Crippen LogP contribution in [0.4, 0.5) is 5.69 Å². The van der Waals surface area contributed by atoms with Gasteiger partial charge in [0.05, 0.1) is 24.5 Å². The zero-order valence-electron chi connectivity index (χ0n) is 22.1. The molecule has 1 N–H and O–H groups in total. The van der Waals surface area contributed by atoms with Gasteiger partial charge in [-0.05, 0) is 25.8 Å². The topological polar surface area (TPSA) is 90.4 Å². The quantitative estimate of drug-likeness (QED) is 0.328. The number of anilines is 1. The van der Waals surface area contributed by atoms with Crippen molar-refractivity contribution in [3.63, 3.8) is 0 Å². The molecule has 5 rings (SSSR count). The summed E-state index contributed by atoms with van der Waals surface area (Å²) in [4.78, 5) is 47.2. The summed E-state index contributed by atoms with van der Waals surface area (Å²) < 4.78 is 5.44. The molecular formula is C30H35N3O5. The summed E-state index contributed by atoms with van der Waals surface area (Å²) in [6.07, 6.45) is 2.25. The highest BCUT2D eigenvalue weighted by Crippen LogP contribution is 2.53. The number of ether oxygens (including phenoxy) is 1. The van der Waals surface area contributed by atoms with Crippen molar-refractivity contribution in [1.29, 1.82) is 0 Å². The number of hydrogen-bond donors (Lipinski definition) is 1. The van der Waals surface area contributed by atoms with Gasteiger partial charge in [-0.2, -0.15) is 0 Å². The molecule has 0 bridgehead atoms. The van der Waals surface area contributed by atoms with E-state index < -0.39 is 17.2 Å². The number of likely N-dealkylation sites (tertiary alicyclic amines) is 1. The summed E-state index contributed by atoms with van der Waals surface area (Å²) in [5.41, 5.74) is 0.806. The number of amides is 2. The van der Waals surface area contributed by atoms with Gasteiger partial charge in [-0.3, -0.25) is 19.3 Å². The Morgan fingerprint density at radius 1 is 0.947 bits per heavy atom. The smallest absolute Gasteiger partial charge is 0.296 e. The molecule has 3 aliphatic rings. The standard InChI is InChI=1S/C30H35N3O5/c1-3-4-15-32-24-9-6-5-8-23(24)30(29(32)37)25(26(34)22-12-10-21(2)11-13-22)27(35)28(36)33(30)16-7-14-31-17-19-38-20-18-31/h5-6,8-13,34H,3-4,7,14-20H2,1-2H3/t30-/m0/s1. The zero-order chi connectivity index (χ0) is 26.9. The van der Waals surface area contributed by atoms with Gasteiger partial charge in [-0.15, -0.1) is 0 Å². The fourth-order valence-corrected chi connectivity index (χ4v) is 5.84. The van der Waals surface area contributed by atoms with E-state index in [2.05, 4.69) is 11.8 Å². The SMILES string of the molecule is CCCCN1C(=O)[C@@]2(C(=C(O)c3ccc(C)cc3)C(=O)C(=O)N2CCCN2CCOCC2)c2ccccc21. The van der Waals surface area contributed by atoms with Gasteiger partial charge in [0, 0.05) is 43.9 Å². The minimum absolute atomic E-state index is 0.144. The first-order chi connectivity index (χ1) is 18.4. The van der Waals surface area contributed by atoms with Gasteiger partial charge in [-0.25, -0.2) is 0 Å². The molecule has 0 saturated carbocycles. The molecule has 8 heteroatoms. The van der Waals surface area contributed by atoms with E-state index in [1.807, 2.05) is 43.3 Å². The monoisotopic (exact) mass is 517 g/mol. The predicted molar refractivity (Wildman–Crippen MR) is 145 cm³/mol. The number of aliphatic hydroxyl groups excluding tert-OH is 1. The van der Waals surface area contributed by atoms with Gasteiger partial charge in [0.25, 0.3) is 17.6 Å². The van der Waals surface area contributed by atoms with Gasteiger partial charge in [0.2, 0.25) is 0 Å². The fraction of sp³-hybridized carbons (Fsp3) is 0.433. The Morgan fingerprint density at radius 3 is 2.37 bits per heavy atom. The normalized spacial score (nSPS) is 23.1. The lowest BCUT2D eigenvalue weighted by atomic mass is 9.81. The number of hydrogen-bond acceptors (Lipinski definition) is 6. The Hall–Kier alpha value is -3.49. The van der Waals surface area contributed by atoms with E-state index in [9.17, 15) is 19.5 Å². The van der Waals surface area contributed by atoms with Crippen LogP contribution in [0.15, 0.2) is 54.1 Å². The van der Waals surface area contributed by atoms with Crippen LogP contribution in [-0.2, 0) is 24.7 Å². The number of para-hydroxylation sites is 1. The van der Waals surface area contributed by atoms with Crippen LogP contribution in [-0.4, -0.2) is 78.4 Å². The number of morpholine rings is 1. The molecule has 2 aromatic rings. The van der Waals surface area contributed by atoms with Gasteiger partial charge < -0.3 is 19.6 Å². The van der Waals surface area contributed by atoms with Gasteiger partial charge in [0.1, 0.15) is 5.76 Å². The third kappa shape index (κ3) is 4.22. The molecular weight excluding hydrogens is 482 g/mol.